The number of hydroxylamine groups is 2. The molecule has 1 atom stereocenters. The van der Waals surface area contributed by atoms with Crippen molar-refractivity contribution in [3.05, 3.63) is 35.4 Å². The minimum atomic E-state index is 0.160. The van der Waals surface area contributed by atoms with Crippen molar-refractivity contribution in [2.75, 3.05) is 20.3 Å². The zero-order chi connectivity index (χ0) is 14.2. The third-order valence-corrected chi connectivity index (χ3v) is 3.93. The standard InChI is InChI=1S/C17H27NO2/c1-15-9-11-16(12-10-15)7-3-5-13-18(19-2)17-8-4-6-14-20-17/h9-12,17H,3-8,13-14H2,1-2H3. The summed E-state index contributed by atoms with van der Waals surface area (Å²) in [7, 11) is 1.75. The third kappa shape index (κ3) is 4.89. The van der Waals surface area contributed by atoms with Crippen LogP contribution in [0.15, 0.2) is 24.3 Å². The Morgan fingerprint density at radius 2 is 2.00 bits per heavy atom. The molecule has 1 unspecified atom stereocenters. The van der Waals surface area contributed by atoms with Crippen molar-refractivity contribution in [2.45, 2.75) is 51.7 Å². The van der Waals surface area contributed by atoms with Crippen LogP contribution < -0.4 is 0 Å². The van der Waals surface area contributed by atoms with Crippen molar-refractivity contribution in [1.82, 2.24) is 5.06 Å². The maximum Gasteiger partial charge on any atom is 0.133 e. The van der Waals surface area contributed by atoms with Gasteiger partial charge in [-0.2, -0.15) is 5.06 Å². The molecule has 0 amide bonds. The number of hydrogen-bond acceptors (Lipinski definition) is 3. The number of nitrogens with zero attached hydrogens (tertiary/aromatic N) is 1. The van der Waals surface area contributed by atoms with Crippen LogP contribution in [0.3, 0.4) is 0 Å². The third-order valence-electron chi connectivity index (χ3n) is 3.93. The molecule has 3 heteroatoms. The molecular formula is C17H27NO2. The lowest BCUT2D eigenvalue weighted by atomic mass is 10.1. The van der Waals surface area contributed by atoms with E-state index in [9.17, 15) is 0 Å². The molecule has 0 saturated carbocycles. The molecule has 1 saturated heterocycles. The van der Waals surface area contributed by atoms with Crippen LogP contribution in [0.5, 0.6) is 0 Å². The van der Waals surface area contributed by atoms with E-state index in [0.29, 0.717) is 0 Å². The highest BCUT2D eigenvalue weighted by Gasteiger charge is 2.21. The Morgan fingerprint density at radius 3 is 2.65 bits per heavy atom. The predicted octanol–water partition coefficient (Wildman–Crippen LogP) is 3.71. The Kier molecular flexibility index (Phi) is 6.51. The van der Waals surface area contributed by atoms with E-state index in [0.717, 1.165) is 32.4 Å². The summed E-state index contributed by atoms with van der Waals surface area (Å²) in [6, 6.07) is 8.83. The summed E-state index contributed by atoms with van der Waals surface area (Å²) < 4.78 is 5.76. The molecule has 0 aliphatic carbocycles. The highest BCUT2D eigenvalue weighted by molar-refractivity contribution is 5.21. The van der Waals surface area contributed by atoms with Gasteiger partial charge in [0.1, 0.15) is 6.23 Å². The zero-order valence-corrected chi connectivity index (χ0v) is 12.8. The fourth-order valence-corrected chi connectivity index (χ4v) is 2.66. The Hall–Kier alpha value is -0.900. The molecular weight excluding hydrogens is 250 g/mol. The highest BCUT2D eigenvalue weighted by Crippen LogP contribution is 2.17. The molecule has 1 aromatic rings. The molecule has 0 bridgehead atoms. The second-order valence-corrected chi connectivity index (χ2v) is 5.59. The topological polar surface area (TPSA) is 21.7 Å². The molecule has 1 heterocycles. The Bertz CT molecular complexity index is 371. The minimum Gasteiger partial charge on any atom is -0.361 e. The first-order valence-electron chi connectivity index (χ1n) is 7.77. The van der Waals surface area contributed by atoms with Crippen LogP contribution in [0, 0.1) is 6.92 Å². The van der Waals surface area contributed by atoms with Gasteiger partial charge >= 0.3 is 0 Å². The average molecular weight is 277 g/mol. The zero-order valence-electron chi connectivity index (χ0n) is 12.8. The maximum atomic E-state index is 5.76. The fraction of sp³-hybridized carbons (Fsp3) is 0.647. The SMILES string of the molecule is CON(CCCCc1ccc(C)cc1)C1CCCCO1. The van der Waals surface area contributed by atoms with Crippen molar-refractivity contribution < 1.29 is 9.57 Å². The number of benzene rings is 1. The smallest absolute Gasteiger partial charge is 0.133 e. The number of rotatable bonds is 7. The molecule has 3 nitrogen and oxygen atoms in total. The van der Waals surface area contributed by atoms with Crippen LogP contribution in [-0.2, 0) is 16.0 Å². The van der Waals surface area contributed by atoms with Gasteiger partial charge in [-0.1, -0.05) is 29.8 Å². The van der Waals surface area contributed by atoms with E-state index in [-0.39, 0.29) is 6.23 Å². The monoisotopic (exact) mass is 277 g/mol. The molecule has 0 aromatic heterocycles. The first kappa shape index (κ1) is 15.5. The average Bonchev–Trinajstić information content (AvgIpc) is 2.50. The fourth-order valence-electron chi connectivity index (χ4n) is 2.66. The van der Waals surface area contributed by atoms with Gasteiger partial charge in [0.15, 0.2) is 0 Å². The van der Waals surface area contributed by atoms with Crippen molar-refractivity contribution >= 4 is 0 Å². The Balaban J connectivity index is 1.67. The molecule has 2 rings (SSSR count). The number of hydrogen-bond donors (Lipinski definition) is 0. The normalized spacial score (nSPS) is 19.4. The van der Waals surface area contributed by atoms with E-state index in [1.54, 1.807) is 7.11 Å². The van der Waals surface area contributed by atoms with Gasteiger partial charge < -0.3 is 4.74 Å². The number of aryl methyl sites for hydroxylation is 2. The van der Waals surface area contributed by atoms with Crippen LogP contribution in [0.1, 0.15) is 43.2 Å². The molecule has 1 aromatic carbocycles. The van der Waals surface area contributed by atoms with Gasteiger partial charge in [0.25, 0.3) is 0 Å². The summed E-state index contributed by atoms with van der Waals surface area (Å²) in [4.78, 5) is 5.47. The van der Waals surface area contributed by atoms with Crippen LogP contribution in [-0.4, -0.2) is 31.6 Å². The first-order chi connectivity index (χ1) is 9.79. The largest absolute Gasteiger partial charge is 0.361 e. The molecule has 112 valence electrons. The number of unbranched alkanes of at least 4 members (excludes halogenated alkanes) is 1. The molecule has 1 aliphatic rings. The molecule has 0 radical (unpaired) electrons. The highest BCUT2D eigenvalue weighted by atomic mass is 16.7. The second kappa shape index (κ2) is 8.40. The molecule has 1 aliphatic heterocycles. The lowest BCUT2D eigenvalue weighted by Gasteiger charge is -2.32. The van der Waals surface area contributed by atoms with Crippen LogP contribution in [0.25, 0.3) is 0 Å². The minimum absolute atomic E-state index is 0.160. The number of ether oxygens (including phenoxy) is 1. The first-order valence-corrected chi connectivity index (χ1v) is 7.77. The van der Waals surface area contributed by atoms with E-state index in [1.807, 2.05) is 5.06 Å². The van der Waals surface area contributed by atoms with E-state index < -0.39 is 0 Å². The van der Waals surface area contributed by atoms with E-state index in [1.165, 1.54) is 30.4 Å². The van der Waals surface area contributed by atoms with Gasteiger partial charge in [0.05, 0.1) is 7.11 Å². The molecule has 0 spiro atoms. The van der Waals surface area contributed by atoms with Gasteiger partial charge in [0.2, 0.25) is 0 Å². The molecule has 20 heavy (non-hydrogen) atoms. The van der Waals surface area contributed by atoms with Gasteiger partial charge in [-0.3, -0.25) is 4.84 Å². The van der Waals surface area contributed by atoms with Crippen LogP contribution >= 0.6 is 0 Å². The molecule has 1 fully saturated rings. The summed E-state index contributed by atoms with van der Waals surface area (Å²) in [6.45, 7) is 3.95. The van der Waals surface area contributed by atoms with Crippen LogP contribution in [0.4, 0.5) is 0 Å². The predicted molar refractivity (Wildman–Crippen MR) is 81.4 cm³/mol. The molecule has 0 N–H and O–H groups in total. The quantitative estimate of drug-likeness (QED) is 0.560. The second-order valence-electron chi connectivity index (χ2n) is 5.59. The van der Waals surface area contributed by atoms with Crippen molar-refractivity contribution in [2.24, 2.45) is 0 Å². The van der Waals surface area contributed by atoms with Gasteiger partial charge in [0, 0.05) is 13.2 Å². The van der Waals surface area contributed by atoms with Crippen LogP contribution in [0.2, 0.25) is 0 Å². The summed E-state index contributed by atoms with van der Waals surface area (Å²) in [5.74, 6) is 0. The van der Waals surface area contributed by atoms with Gasteiger partial charge in [-0.05, 0) is 51.0 Å². The summed E-state index contributed by atoms with van der Waals surface area (Å²) in [5, 5.41) is 2.01. The lowest BCUT2D eigenvalue weighted by molar-refractivity contribution is -0.247. The Labute approximate surface area is 122 Å². The van der Waals surface area contributed by atoms with E-state index in [2.05, 4.69) is 31.2 Å². The van der Waals surface area contributed by atoms with E-state index in [4.69, 9.17) is 9.57 Å². The summed E-state index contributed by atoms with van der Waals surface area (Å²) in [6.07, 6.45) is 7.15. The van der Waals surface area contributed by atoms with Crippen molar-refractivity contribution in [3.8, 4) is 0 Å². The van der Waals surface area contributed by atoms with Crippen molar-refractivity contribution in [1.29, 1.82) is 0 Å². The maximum absolute atomic E-state index is 5.76. The van der Waals surface area contributed by atoms with Gasteiger partial charge in [-0.25, -0.2) is 0 Å². The van der Waals surface area contributed by atoms with Gasteiger partial charge in [-0.15, -0.1) is 0 Å². The Morgan fingerprint density at radius 1 is 1.20 bits per heavy atom. The summed E-state index contributed by atoms with van der Waals surface area (Å²) >= 11 is 0. The summed E-state index contributed by atoms with van der Waals surface area (Å²) in [5.41, 5.74) is 2.75. The lowest BCUT2D eigenvalue weighted by Crippen LogP contribution is -2.39. The van der Waals surface area contributed by atoms with E-state index >= 15 is 0 Å². The van der Waals surface area contributed by atoms with Crippen molar-refractivity contribution in [3.63, 3.8) is 0 Å².